The van der Waals surface area contributed by atoms with Crippen LogP contribution in [0.15, 0.2) is 0 Å². The van der Waals surface area contributed by atoms with Crippen molar-refractivity contribution in [3.63, 3.8) is 0 Å². The van der Waals surface area contributed by atoms with E-state index >= 15 is 0 Å². The summed E-state index contributed by atoms with van der Waals surface area (Å²) in [5.41, 5.74) is -0.183. The van der Waals surface area contributed by atoms with Crippen LogP contribution in [0.2, 0.25) is 0 Å². The van der Waals surface area contributed by atoms with E-state index in [0.29, 0.717) is 12.5 Å². The topological polar surface area (TPSA) is 52.6 Å². The summed E-state index contributed by atoms with van der Waals surface area (Å²) < 4.78 is 0. The summed E-state index contributed by atoms with van der Waals surface area (Å²) in [6.45, 7) is 9.49. The summed E-state index contributed by atoms with van der Waals surface area (Å²) in [6.07, 6.45) is 1.06. The summed E-state index contributed by atoms with van der Waals surface area (Å²) in [4.78, 5) is 13.8. The quantitative estimate of drug-likeness (QED) is 0.744. The maximum atomic E-state index is 11.7. The van der Waals surface area contributed by atoms with E-state index in [9.17, 15) is 9.90 Å². The van der Waals surface area contributed by atoms with E-state index in [2.05, 4.69) is 17.1 Å². The monoisotopic (exact) mass is 228 g/mol. The number of aliphatic hydroxyl groups is 1. The molecule has 1 rings (SSSR count). The van der Waals surface area contributed by atoms with Crippen molar-refractivity contribution in [2.75, 3.05) is 19.7 Å². The number of rotatable bonds is 3. The molecule has 0 aliphatic carbocycles. The first-order valence-electron chi connectivity index (χ1n) is 5.99. The second kappa shape index (κ2) is 5.15. The summed E-state index contributed by atoms with van der Waals surface area (Å²) in [5.74, 6) is 0.521. The molecule has 1 heterocycles. The van der Waals surface area contributed by atoms with E-state index < -0.39 is 0 Å². The van der Waals surface area contributed by atoms with E-state index in [1.165, 1.54) is 0 Å². The fraction of sp³-hybridized carbons (Fsp3) is 0.917. The van der Waals surface area contributed by atoms with Gasteiger partial charge in [0.15, 0.2) is 0 Å². The molecular weight excluding hydrogens is 204 g/mol. The lowest BCUT2D eigenvalue weighted by atomic mass is 10.0. The molecule has 1 aliphatic rings. The number of aliphatic hydroxyl groups excluding tert-OH is 1. The van der Waals surface area contributed by atoms with Gasteiger partial charge in [-0.05, 0) is 39.7 Å². The van der Waals surface area contributed by atoms with Crippen molar-refractivity contribution in [3.8, 4) is 0 Å². The van der Waals surface area contributed by atoms with Gasteiger partial charge in [-0.3, -0.25) is 9.69 Å². The fourth-order valence-corrected chi connectivity index (χ4v) is 2.22. The van der Waals surface area contributed by atoms with Crippen LogP contribution in [0, 0.1) is 5.92 Å². The predicted molar refractivity (Wildman–Crippen MR) is 64.1 cm³/mol. The Balaban J connectivity index is 2.45. The van der Waals surface area contributed by atoms with Gasteiger partial charge in [-0.2, -0.15) is 0 Å². The molecule has 0 saturated carbocycles. The van der Waals surface area contributed by atoms with Crippen molar-refractivity contribution in [1.82, 2.24) is 10.2 Å². The van der Waals surface area contributed by atoms with E-state index in [4.69, 9.17) is 0 Å². The van der Waals surface area contributed by atoms with Crippen LogP contribution in [0.5, 0.6) is 0 Å². The van der Waals surface area contributed by atoms with Crippen molar-refractivity contribution in [3.05, 3.63) is 0 Å². The molecule has 2 N–H and O–H groups in total. The minimum absolute atomic E-state index is 0.0417. The zero-order valence-corrected chi connectivity index (χ0v) is 10.8. The van der Waals surface area contributed by atoms with Crippen molar-refractivity contribution < 1.29 is 9.90 Å². The van der Waals surface area contributed by atoms with Gasteiger partial charge in [0.2, 0.25) is 5.91 Å². The molecule has 4 nitrogen and oxygen atoms in total. The zero-order chi connectivity index (χ0) is 12.3. The number of likely N-dealkylation sites (tertiary alicyclic amines) is 1. The van der Waals surface area contributed by atoms with Crippen molar-refractivity contribution in [2.24, 2.45) is 5.92 Å². The van der Waals surface area contributed by atoms with Gasteiger partial charge >= 0.3 is 0 Å². The number of amides is 1. The third kappa shape index (κ3) is 3.76. The number of hydrogen-bond acceptors (Lipinski definition) is 3. The predicted octanol–water partition coefficient (Wildman–Crippen LogP) is 0.604. The Hall–Kier alpha value is -0.610. The van der Waals surface area contributed by atoms with Gasteiger partial charge in [-0.1, -0.05) is 6.92 Å². The molecule has 0 spiro atoms. The minimum atomic E-state index is -0.183. The fourth-order valence-electron chi connectivity index (χ4n) is 2.22. The van der Waals surface area contributed by atoms with E-state index in [-0.39, 0.29) is 24.1 Å². The van der Waals surface area contributed by atoms with Crippen LogP contribution in [0.4, 0.5) is 0 Å². The van der Waals surface area contributed by atoms with Gasteiger partial charge in [0.25, 0.3) is 0 Å². The molecule has 0 bridgehead atoms. The van der Waals surface area contributed by atoms with Gasteiger partial charge in [-0.15, -0.1) is 0 Å². The SMILES string of the molecule is CC1CCN(CC(=O)NC(C)(C)C)C1CO. The van der Waals surface area contributed by atoms with Crippen molar-refractivity contribution in [1.29, 1.82) is 0 Å². The summed E-state index contributed by atoms with van der Waals surface area (Å²) in [5, 5.41) is 12.2. The summed E-state index contributed by atoms with van der Waals surface area (Å²) >= 11 is 0. The second-order valence-electron chi connectivity index (χ2n) is 5.78. The van der Waals surface area contributed by atoms with Crippen LogP contribution in [0.1, 0.15) is 34.1 Å². The molecule has 2 unspecified atom stereocenters. The summed E-state index contributed by atoms with van der Waals surface area (Å²) in [7, 11) is 0. The van der Waals surface area contributed by atoms with Crippen LogP contribution < -0.4 is 5.32 Å². The lowest BCUT2D eigenvalue weighted by Gasteiger charge is -2.27. The summed E-state index contributed by atoms with van der Waals surface area (Å²) in [6, 6.07) is 0.144. The molecule has 1 fully saturated rings. The van der Waals surface area contributed by atoms with Crippen molar-refractivity contribution in [2.45, 2.75) is 45.7 Å². The molecule has 2 atom stereocenters. The van der Waals surface area contributed by atoms with Crippen LogP contribution in [0.3, 0.4) is 0 Å². The first-order valence-corrected chi connectivity index (χ1v) is 5.99. The normalized spacial score (nSPS) is 27.1. The molecule has 1 saturated heterocycles. The average molecular weight is 228 g/mol. The molecule has 0 radical (unpaired) electrons. The Bertz CT molecular complexity index is 248. The highest BCUT2D eigenvalue weighted by Crippen LogP contribution is 2.22. The highest BCUT2D eigenvalue weighted by Gasteiger charge is 2.31. The van der Waals surface area contributed by atoms with E-state index in [0.717, 1.165) is 13.0 Å². The maximum absolute atomic E-state index is 11.7. The maximum Gasteiger partial charge on any atom is 0.234 e. The highest BCUT2D eigenvalue weighted by atomic mass is 16.3. The third-order valence-electron chi connectivity index (χ3n) is 3.05. The standard InChI is InChI=1S/C12H24N2O2/c1-9-5-6-14(10(9)8-15)7-11(16)13-12(2,3)4/h9-10,15H,5-8H2,1-4H3,(H,13,16). The first-order chi connectivity index (χ1) is 7.33. The van der Waals surface area contributed by atoms with Crippen LogP contribution in [-0.2, 0) is 4.79 Å². The second-order valence-corrected chi connectivity index (χ2v) is 5.78. The zero-order valence-electron chi connectivity index (χ0n) is 10.8. The average Bonchev–Trinajstić information content (AvgIpc) is 2.43. The van der Waals surface area contributed by atoms with Crippen LogP contribution >= 0.6 is 0 Å². The molecule has 0 aromatic rings. The molecule has 1 amide bonds. The largest absolute Gasteiger partial charge is 0.395 e. The Morgan fingerprint density at radius 2 is 2.12 bits per heavy atom. The lowest BCUT2D eigenvalue weighted by Crippen LogP contribution is -2.48. The van der Waals surface area contributed by atoms with Gasteiger partial charge in [0, 0.05) is 11.6 Å². The molecular formula is C12H24N2O2. The van der Waals surface area contributed by atoms with Gasteiger partial charge < -0.3 is 10.4 Å². The van der Waals surface area contributed by atoms with Crippen LogP contribution in [0.25, 0.3) is 0 Å². The third-order valence-corrected chi connectivity index (χ3v) is 3.05. The number of carbonyl (C=O) groups is 1. The van der Waals surface area contributed by atoms with Crippen molar-refractivity contribution >= 4 is 5.91 Å². The van der Waals surface area contributed by atoms with E-state index in [1.54, 1.807) is 0 Å². The first kappa shape index (κ1) is 13.5. The Morgan fingerprint density at radius 1 is 1.50 bits per heavy atom. The molecule has 1 aliphatic heterocycles. The van der Waals surface area contributed by atoms with Gasteiger partial charge in [0.05, 0.1) is 13.2 Å². The van der Waals surface area contributed by atoms with Crippen LogP contribution in [-0.4, -0.2) is 47.2 Å². The number of carbonyl (C=O) groups excluding carboxylic acids is 1. The number of nitrogens with one attached hydrogen (secondary N) is 1. The van der Waals surface area contributed by atoms with E-state index in [1.807, 2.05) is 20.8 Å². The number of nitrogens with zero attached hydrogens (tertiary/aromatic N) is 1. The van der Waals surface area contributed by atoms with Gasteiger partial charge in [-0.25, -0.2) is 0 Å². The molecule has 0 aromatic heterocycles. The van der Waals surface area contributed by atoms with Gasteiger partial charge in [0.1, 0.15) is 0 Å². The lowest BCUT2D eigenvalue weighted by molar-refractivity contribution is -0.124. The highest BCUT2D eigenvalue weighted by molar-refractivity contribution is 5.78. The Kier molecular flexibility index (Phi) is 4.33. The minimum Gasteiger partial charge on any atom is -0.395 e. The smallest absolute Gasteiger partial charge is 0.234 e. The molecule has 4 heteroatoms. The Morgan fingerprint density at radius 3 is 2.62 bits per heavy atom. The molecule has 0 aromatic carbocycles. The Labute approximate surface area is 98.0 Å². The molecule has 94 valence electrons. The number of hydrogen-bond donors (Lipinski definition) is 2. The molecule has 16 heavy (non-hydrogen) atoms.